The summed E-state index contributed by atoms with van der Waals surface area (Å²) < 4.78 is 26.7. The lowest BCUT2D eigenvalue weighted by Crippen LogP contribution is -2.30. The predicted molar refractivity (Wildman–Crippen MR) is 110 cm³/mol. The Morgan fingerprint density at radius 2 is 1.67 bits per heavy atom. The molecule has 0 saturated carbocycles. The molecule has 0 spiro atoms. The molecule has 0 bridgehead atoms. The Kier molecular flexibility index (Phi) is 6.92. The van der Waals surface area contributed by atoms with E-state index >= 15 is 0 Å². The molecule has 0 heterocycles. The van der Waals surface area contributed by atoms with Gasteiger partial charge in [0.2, 0.25) is 10.0 Å². The molecule has 0 aliphatic rings. The van der Waals surface area contributed by atoms with Crippen molar-refractivity contribution >= 4 is 44.8 Å². The van der Waals surface area contributed by atoms with Crippen LogP contribution in [-0.2, 0) is 10.0 Å². The normalized spacial score (nSPS) is 11.7. The van der Waals surface area contributed by atoms with E-state index in [9.17, 15) is 13.2 Å². The van der Waals surface area contributed by atoms with Crippen LogP contribution in [-0.4, -0.2) is 31.7 Å². The summed E-state index contributed by atoms with van der Waals surface area (Å²) in [7, 11) is -3.70. The molecule has 2 aromatic carbocycles. The first-order valence-corrected chi connectivity index (χ1v) is 10.7. The Hall–Kier alpha value is -1.60. The molecule has 2 aromatic rings. The lowest BCUT2D eigenvalue weighted by molar-refractivity contribution is 0.102. The van der Waals surface area contributed by atoms with Gasteiger partial charge in [-0.15, -0.1) is 0 Å². The zero-order valence-electron chi connectivity index (χ0n) is 15.6. The van der Waals surface area contributed by atoms with Gasteiger partial charge in [-0.05, 0) is 49.2 Å². The van der Waals surface area contributed by atoms with Gasteiger partial charge in [-0.3, -0.25) is 4.79 Å². The topological polar surface area (TPSA) is 66.5 Å². The third kappa shape index (κ3) is 4.63. The fraction of sp³-hybridized carbons (Fsp3) is 0.316. The first-order valence-electron chi connectivity index (χ1n) is 8.49. The number of rotatable bonds is 6. The van der Waals surface area contributed by atoms with Gasteiger partial charge < -0.3 is 5.32 Å². The smallest absolute Gasteiger partial charge is 0.257 e. The summed E-state index contributed by atoms with van der Waals surface area (Å²) in [5, 5.41) is 3.30. The van der Waals surface area contributed by atoms with E-state index in [0.717, 1.165) is 11.1 Å². The summed E-state index contributed by atoms with van der Waals surface area (Å²) in [5.41, 5.74) is 2.32. The Morgan fingerprint density at radius 3 is 2.22 bits per heavy atom. The minimum Gasteiger partial charge on any atom is -0.320 e. The van der Waals surface area contributed by atoms with Crippen LogP contribution in [0.25, 0.3) is 0 Å². The molecular formula is C19H22Cl2N2O3S. The van der Waals surface area contributed by atoms with E-state index in [-0.39, 0.29) is 15.5 Å². The van der Waals surface area contributed by atoms with Crippen molar-refractivity contribution < 1.29 is 13.2 Å². The number of nitrogens with one attached hydrogen (secondary N) is 1. The van der Waals surface area contributed by atoms with Crippen LogP contribution in [0.5, 0.6) is 0 Å². The fourth-order valence-corrected chi connectivity index (χ4v) is 4.86. The van der Waals surface area contributed by atoms with Gasteiger partial charge in [0.15, 0.2) is 0 Å². The van der Waals surface area contributed by atoms with Crippen LogP contribution < -0.4 is 5.32 Å². The molecular weight excluding hydrogens is 407 g/mol. The average Bonchev–Trinajstić information content (AvgIpc) is 2.58. The monoisotopic (exact) mass is 428 g/mol. The highest BCUT2D eigenvalue weighted by Gasteiger charge is 2.24. The Morgan fingerprint density at radius 1 is 1.04 bits per heavy atom. The van der Waals surface area contributed by atoms with Gasteiger partial charge in [-0.25, -0.2) is 8.42 Å². The fourth-order valence-electron chi connectivity index (χ4n) is 2.81. The number of hydrogen-bond acceptors (Lipinski definition) is 3. The molecule has 0 unspecified atom stereocenters. The minimum atomic E-state index is -3.70. The lowest BCUT2D eigenvalue weighted by atomic mass is 10.1. The van der Waals surface area contributed by atoms with E-state index in [1.165, 1.54) is 22.5 Å². The molecule has 0 aliphatic heterocycles. The SMILES string of the molecule is CCN(CC)S(=O)(=O)c1ccc(Cl)c(C(=O)Nc2c(C)cc(C)cc2Cl)c1. The molecule has 0 saturated heterocycles. The molecule has 1 N–H and O–H groups in total. The Bertz CT molecular complexity index is 948. The minimum absolute atomic E-state index is 0.0208. The van der Waals surface area contributed by atoms with Crippen molar-refractivity contribution in [1.82, 2.24) is 4.31 Å². The van der Waals surface area contributed by atoms with E-state index in [0.29, 0.717) is 23.8 Å². The third-order valence-corrected chi connectivity index (χ3v) is 6.87. The van der Waals surface area contributed by atoms with Crippen molar-refractivity contribution in [1.29, 1.82) is 0 Å². The first kappa shape index (κ1) is 21.7. The number of sulfonamides is 1. The Labute approximate surface area is 170 Å². The van der Waals surface area contributed by atoms with Gasteiger partial charge in [-0.2, -0.15) is 4.31 Å². The van der Waals surface area contributed by atoms with Crippen molar-refractivity contribution in [3.05, 3.63) is 57.1 Å². The van der Waals surface area contributed by atoms with Crippen LogP contribution in [0.1, 0.15) is 35.3 Å². The molecule has 2 rings (SSSR count). The zero-order chi connectivity index (χ0) is 20.4. The summed E-state index contributed by atoms with van der Waals surface area (Å²) in [6, 6.07) is 7.74. The van der Waals surface area contributed by atoms with Gasteiger partial charge in [0, 0.05) is 13.1 Å². The highest BCUT2D eigenvalue weighted by Crippen LogP contribution is 2.29. The van der Waals surface area contributed by atoms with Crippen molar-refractivity contribution in [2.75, 3.05) is 18.4 Å². The number of amides is 1. The highest BCUT2D eigenvalue weighted by molar-refractivity contribution is 7.89. The third-order valence-electron chi connectivity index (χ3n) is 4.20. The van der Waals surface area contributed by atoms with Crippen LogP contribution in [0, 0.1) is 13.8 Å². The molecule has 0 aromatic heterocycles. The molecule has 0 radical (unpaired) electrons. The van der Waals surface area contributed by atoms with Gasteiger partial charge in [-0.1, -0.05) is 43.1 Å². The van der Waals surface area contributed by atoms with Gasteiger partial charge in [0.1, 0.15) is 0 Å². The lowest BCUT2D eigenvalue weighted by Gasteiger charge is -2.19. The molecule has 5 nitrogen and oxygen atoms in total. The summed E-state index contributed by atoms with van der Waals surface area (Å²) in [6.45, 7) is 7.92. The largest absolute Gasteiger partial charge is 0.320 e. The summed E-state index contributed by atoms with van der Waals surface area (Å²) in [6.07, 6.45) is 0. The molecule has 146 valence electrons. The second kappa shape index (κ2) is 8.61. The summed E-state index contributed by atoms with van der Waals surface area (Å²) in [4.78, 5) is 12.8. The highest BCUT2D eigenvalue weighted by atomic mass is 35.5. The number of halogens is 2. The van der Waals surface area contributed by atoms with Crippen molar-refractivity contribution in [3.63, 3.8) is 0 Å². The number of carbonyl (C=O) groups is 1. The first-order chi connectivity index (χ1) is 12.6. The van der Waals surface area contributed by atoms with Crippen molar-refractivity contribution in [2.24, 2.45) is 0 Å². The van der Waals surface area contributed by atoms with E-state index in [1.54, 1.807) is 19.9 Å². The summed E-state index contributed by atoms with van der Waals surface area (Å²) in [5.74, 6) is -0.523. The van der Waals surface area contributed by atoms with Crippen LogP contribution in [0.2, 0.25) is 10.0 Å². The number of hydrogen-bond donors (Lipinski definition) is 1. The maximum absolute atomic E-state index is 12.7. The van der Waals surface area contributed by atoms with Crippen molar-refractivity contribution in [3.8, 4) is 0 Å². The van der Waals surface area contributed by atoms with E-state index < -0.39 is 15.9 Å². The van der Waals surface area contributed by atoms with Crippen LogP contribution in [0.3, 0.4) is 0 Å². The maximum atomic E-state index is 12.7. The van der Waals surface area contributed by atoms with Gasteiger partial charge in [0.25, 0.3) is 5.91 Å². The van der Waals surface area contributed by atoms with Crippen molar-refractivity contribution in [2.45, 2.75) is 32.6 Å². The molecule has 1 amide bonds. The molecule has 0 atom stereocenters. The number of carbonyl (C=O) groups excluding carboxylic acids is 1. The number of benzene rings is 2. The second-order valence-electron chi connectivity index (χ2n) is 6.12. The van der Waals surface area contributed by atoms with E-state index in [1.807, 2.05) is 19.9 Å². The van der Waals surface area contributed by atoms with E-state index in [4.69, 9.17) is 23.2 Å². The molecule has 8 heteroatoms. The molecule has 27 heavy (non-hydrogen) atoms. The van der Waals surface area contributed by atoms with Gasteiger partial charge in [0.05, 0.1) is 26.2 Å². The number of aryl methyl sites for hydroxylation is 2. The molecule has 0 fully saturated rings. The standard InChI is InChI=1S/C19H22Cl2N2O3S/c1-5-23(6-2)27(25,26)14-7-8-16(20)15(11-14)19(24)22-18-13(4)9-12(3)10-17(18)21/h7-11H,5-6H2,1-4H3,(H,22,24). The zero-order valence-corrected chi connectivity index (χ0v) is 18.0. The quantitative estimate of drug-likeness (QED) is 0.711. The van der Waals surface area contributed by atoms with Crippen LogP contribution in [0.4, 0.5) is 5.69 Å². The van der Waals surface area contributed by atoms with Crippen LogP contribution >= 0.6 is 23.2 Å². The number of anilines is 1. The van der Waals surface area contributed by atoms with Crippen LogP contribution in [0.15, 0.2) is 35.2 Å². The predicted octanol–water partition coefficient (Wildman–Crippen LogP) is 4.89. The van der Waals surface area contributed by atoms with Gasteiger partial charge >= 0.3 is 0 Å². The average molecular weight is 429 g/mol. The molecule has 0 aliphatic carbocycles. The summed E-state index contributed by atoms with van der Waals surface area (Å²) >= 11 is 12.4. The second-order valence-corrected chi connectivity index (χ2v) is 8.88. The Balaban J connectivity index is 2.43. The van der Waals surface area contributed by atoms with E-state index in [2.05, 4.69) is 5.32 Å². The number of nitrogens with zero attached hydrogens (tertiary/aromatic N) is 1. The maximum Gasteiger partial charge on any atom is 0.257 e.